The monoisotopic (exact) mass is 799 g/mol. The summed E-state index contributed by atoms with van der Waals surface area (Å²) in [5.74, 6) is 11.0. The van der Waals surface area contributed by atoms with Crippen molar-refractivity contribution in [3.05, 3.63) is 0 Å². The van der Waals surface area contributed by atoms with E-state index in [9.17, 15) is 9.59 Å². The fourth-order valence-electron chi connectivity index (χ4n) is 6.01. The number of nitrogens with one attached hydrogen (secondary N) is 4. The van der Waals surface area contributed by atoms with Crippen LogP contribution in [0.15, 0.2) is 0 Å². The molecular formula is C40H78N4O8Si2. The highest BCUT2D eigenvalue weighted by Crippen LogP contribution is 2.22. The Bertz CT molecular complexity index is 921. The molecule has 0 atom stereocenters. The zero-order chi connectivity index (χ0) is 39.9. The van der Waals surface area contributed by atoms with Crippen LogP contribution in [0.2, 0.25) is 12.1 Å². The molecule has 0 aromatic heterocycles. The molecule has 14 heteroatoms. The molecular weight excluding hydrogens is 721 g/mol. The fourth-order valence-corrected chi connectivity index (χ4v) is 11.4. The molecule has 0 aliphatic carbocycles. The second-order valence-electron chi connectivity index (χ2n) is 12.9. The van der Waals surface area contributed by atoms with Crippen molar-refractivity contribution < 1.29 is 36.1 Å². The first-order valence-electron chi connectivity index (χ1n) is 21.2. The van der Waals surface area contributed by atoms with Crippen LogP contribution in [0.4, 0.5) is 9.59 Å². The average molecular weight is 799 g/mol. The third-order valence-electron chi connectivity index (χ3n) is 8.49. The van der Waals surface area contributed by atoms with Crippen LogP contribution in [0.25, 0.3) is 0 Å². The minimum atomic E-state index is -2.50. The Morgan fingerprint density at radius 2 is 0.648 bits per heavy atom. The molecule has 0 unspecified atom stereocenters. The van der Waals surface area contributed by atoms with Gasteiger partial charge in [-0.1, -0.05) is 88.9 Å². The maximum atomic E-state index is 12.0. The molecule has 0 aromatic rings. The lowest BCUT2D eigenvalue weighted by molar-refractivity contribution is 0.0698. The maximum absolute atomic E-state index is 12.0. The molecule has 0 saturated heterocycles. The molecule has 0 aliphatic rings. The summed E-state index contributed by atoms with van der Waals surface area (Å²) in [6.07, 6.45) is 18.2. The third kappa shape index (κ3) is 30.1. The van der Waals surface area contributed by atoms with Gasteiger partial charge in [-0.25, -0.2) is 9.59 Å². The second kappa shape index (κ2) is 37.8. The van der Waals surface area contributed by atoms with Crippen molar-refractivity contribution in [2.75, 3.05) is 65.8 Å². The van der Waals surface area contributed by atoms with Crippen LogP contribution < -0.4 is 21.3 Å². The highest BCUT2D eigenvalue weighted by molar-refractivity contribution is 6.61. The fraction of sp³-hybridized carbons (Fsp3) is 0.850. The molecule has 0 bridgehead atoms. The van der Waals surface area contributed by atoms with Gasteiger partial charge >= 0.3 is 29.7 Å². The summed E-state index contributed by atoms with van der Waals surface area (Å²) in [6.45, 7) is 17.5. The minimum Gasteiger partial charge on any atom is -0.374 e. The zero-order valence-corrected chi connectivity index (χ0v) is 37.1. The van der Waals surface area contributed by atoms with Crippen LogP contribution in [-0.4, -0.2) is 95.5 Å². The van der Waals surface area contributed by atoms with Crippen LogP contribution in [0, 0.1) is 23.7 Å². The van der Waals surface area contributed by atoms with Crippen molar-refractivity contribution in [3.63, 3.8) is 0 Å². The largest absolute Gasteiger partial charge is 0.500 e. The Hall–Kier alpha value is -2.15. The molecule has 0 aromatic carbocycles. The van der Waals surface area contributed by atoms with Crippen molar-refractivity contribution in [2.24, 2.45) is 0 Å². The predicted octanol–water partition coefficient (Wildman–Crippen LogP) is 7.93. The SMILES string of the molecule is CCO[Si](CCCCCCCCCCNC(=O)NCC#CC#CCNC(=O)NCCCCCCCCCC[Si](OCC)(OCC)OCC)(OCC)OCC. The van der Waals surface area contributed by atoms with Gasteiger partial charge in [0.05, 0.1) is 13.1 Å². The number of carbonyl (C=O) groups excluding carboxylic acids is 2. The number of amides is 4. The number of rotatable bonds is 36. The topological polar surface area (TPSA) is 138 Å². The van der Waals surface area contributed by atoms with Gasteiger partial charge in [0.2, 0.25) is 0 Å². The van der Waals surface area contributed by atoms with E-state index in [0.29, 0.717) is 52.7 Å². The zero-order valence-electron chi connectivity index (χ0n) is 35.1. The van der Waals surface area contributed by atoms with Crippen molar-refractivity contribution in [1.82, 2.24) is 21.3 Å². The lowest BCUT2D eigenvalue weighted by Crippen LogP contribution is -2.45. The first-order chi connectivity index (χ1) is 26.4. The smallest absolute Gasteiger partial charge is 0.374 e. The summed E-state index contributed by atoms with van der Waals surface area (Å²) in [6, 6.07) is 1.33. The van der Waals surface area contributed by atoms with Gasteiger partial charge in [0.1, 0.15) is 0 Å². The standard InChI is InChI=1S/C40H78N4O8Si2/c1-7-47-53(48-8-2,49-9-3)37-31-25-19-15-13-17-21-27-33-41-39(45)43-35-29-23-24-30-36-44-40(46)42-34-28-22-18-14-16-20-26-32-38-54(50-10-4,51-11-5)52-12-6/h7-22,25-28,31-38H2,1-6H3,(H2,41,43,45)(H2,42,44,46). The van der Waals surface area contributed by atoms with Crippen molar-refractivity contribution in [2.45, 2.75) is 156 Å². The van der Waals surface area contributed by atoms with Gasteiger partial charge in [0.15, 0.2) is 0 Å². The van der Waals surface area contributed by atoms with Crippen LogP contribution >= 0.6 is 0 Å². The van der Waals surface area contributed by atoms with Gasteiger partial charge in [0, 0.05) is 64.8 Å². The Balaban J connectivity index is 3.71. The molecule has 314 valence electrons. The summed E-state index contributed by atoms with van der Waals surface area (Å²) in [4.78, 5) is 23.9. The van der Waals surface area contributed by atoms with E-state index in [2.05, 4.69) is 44.9 Å². The molecule has 0 aliphatic heterocycles. The lowest BCUT2D eigenvalue weighted by Gasteiger charge is -2.28. The summed E-state index contributed by atoms with van der Waals surface area (Å²) in [5.41, 5.74) is 0. The van der Waals surface area contributed by atoms with Gasteiger partial charge in [-0.05, 0) is 79.1 Å². The first-order valence-corrected chi connectivity index (χ1v) is 25.0. The van der Waals surface area contributed by atoms with Crippen LogP contribution in [-0.2, 0) is 26.6 Å². The highest BCUT2D eigenvalue weighted by Gasteiger charge is 2.40. The maximum Gasteiger partial charge on any atom is 0.500 e. The second-order valence-corrected chi connectivity index (χ2v) is 18.4. The van der Waals surface area contributed by atoms with Crippen molar-refractivity contribution >= 4 is 29.7 Å². The van der Waals surface area contributed by atoms with Crippen LogP contribution in [0.1, 0.15) is 144 Å². The van der Waals surface area contributed by atoms with E-state index in [1.54, 1.807) is 0 Å². The molecule has 0 heterocycles. The van der Waals surface area contributed by atoms with Crippen molar-refractivity contribution in [3.8, 4) is 23.7 Å². The van der Waals surface area contributed by atoms with E-state index < -0.39 is 17.6 Å². The third-order valence-corrected chi connectivity index (χ3v) is 14.8. The van der Waals surface area contributed by atoms with E-state index in [4.69, 9.17) is 26.6 Å². The van der Waals surface area contributed by atoms with E-state index in [1.807, 2.05) is 41.5 Å². The highest BCUT2D eigenvalue weighted by atomic mass is 28.4. The number of hydrogen-bond donors (Lipinski definition) is 4. The Labute approximate surface area is 332 Å². The van der Waals surface area contributed by atoms with Gasteiger partial charge in [-0.3, -0.25) is 0 Å². The number of carbonyl (C=O) groups is 2. The quantitative estimate of drug-likeness (QED) is 0.0285. The summed E-state index contributed by atoms with van der Waals surface area (Å²) >= 11 is 0. The molecule has 54 heavy (non-hydrogen) atoms. The molecule has 0 fully saturated rings. The summed E-state index contributed by atoms with van der Waals surface area (Å²) < 4.78 is 35.6. The molecule has 0 saturated carbocycles. The number of hydrogen-bond acceptors (Lipinski definition) is 8. The molecule has 4 amide bonds. The summed E-state index contributed by atoms with van der Waals surface area (Å²) in [5, 5.41) is 11.2. The van der Waals surface area contributed by atoms with Crippen LogP contribution in [0.5, 0.6) is 0 Å². The normalized spacial score (nSPS) is 11.3. The first kappa shape index (κ1) is 51.9. The predicted molar refractivity (Wildman–Crippen MR) is 223 cm³/mol. The van der Waals surface area contributed by atoms with E-state index in [0.717, 1.165) is 50.6 Å². The van der Waals surface area contributed by atoms with Gasteiger partial charge < -0.3 is 47.8 Å². The van der Waals surface area contributed by atoms with E-state index >= 15 is 0 Å². The Kier molecular flexibility index (Phi) is 36.3. The molecule has 0 radical (unpaired) electrons. The van der Waals surface area contributed by atoms with Gasteiger partial charge in [-0.2, -0.15) is 0 Å². The Morgan fingerprint density at radius 1 is 0.389 bits per heavy atom. The Morgan fingerprint density at radius 3 is 0.926 bits per heavy atom. The number of urea groups is 2. The molecule has 4 N–H and O–H groups in total. The molecule has 0 rings (SSSR count). The van der Waals surface area contributed by atoms with Crippen molar-refractivity contribution in [1.29, 1.82) is 0 Å². The lowest BCUT2D eigenvalue weighted by atomic mass is 10.1. The average Bonchev–Trinajstić information content (AvgIpc) is 3.14. The van der Waals surface area contributed by atoms with Crippen LogP contribution in [0.3, 0.4) is 0 Å². The number of unbranched alkanes of at least 4 members (excludes halogenated alkanes) is 14. The van der Waals surface area contributed by atoms with E-state index in [1.165, 1.54) is 64.2 Å². The van der Waals surface area contributed by atoms with Gasteiger partial charge in [0.25, 0.3) is 0 Å². The van der Waals surface area contributed by atoms with Gasteiger partial charge in [-0.15, -0.1) is 0 Å². The minimum absolute atomic E-state index is 0.219. The van der Waals surface area contributed by atoms with E-state index in [-0.39, 0.29) is 25.2 Å². The molecule has 0 spiro atoms. The summed E-state index contributed by atoms with van der Waals surface area (Å²) in [7, 11) is -5.01. The molecule has 12 nitrogen and oxygen atoms in total.